The Hall–Kier alpha value is -0.720. The fraction of sp³-hybridized carbons (Fsp3) is 0.0833. The number of carbonyl (C=O) groups is 1. The maximum Gasteiger partial charge on any atom is 0.254 e. The number of amides is 1. The summed E-state index contributed by atoms with van der Waals surface area (Å²) in [5.41, 5.74) is 0.0498. The van der Waals surface area contributed by atoms with E-state index in [1.54, 1.807) is 6.07 Å². The van der Waals surface area contributed by atoms with Crippen molar-refractivity contribution in [3.05, 3.63) is 54.8 Å². The van der Waals surface area contributed by atoms with E-state index >= 15 is 0 Å². The van der Waals surface area contributed by atoms with Crippen molar-refractivity contribution in [2.75, 3.05) is 0 Å². The average molecular weight is 393 g/mol. The lowest BCUT2D eigenvalue weighted by atomic mass is 10.2. The first-order chi connectivity index (χ1) is 8.56. The first-order valence-electron chi connectivity index (χ1n) is 5.04. The number of hydrogen-bond acceptors (Lipinski definition) is 2. The molecular weight excluding hydrogens is 385 g/mol. The molecule has 0 fully saturated rings. The number of halogens is 3. The van der Waals surface area contributed by atoms with Gasteiger partial charge in [0.1, 0.15) is 5.82 Å². The van der Waals surface area contributed by atoms with Gasteiger partial charge in [-0.3, -0.25) is 4.79 Å². The SMILES string of the molecule is O=C(NCc1ccc(Br)s1)c1ccc(Br)cc1F. The molecule has 1 N–H and O–H groups in total. The molecule has 0 atom stereocenters. The number of thiophene rings is 1. The fourth-order valence-electron chi connectivity index (χ4n) is 1.38. The smallest absolute Gasteiger partial charge is 0.254 e. The Bertz CT molecular complexity index is 585. The summed E-state index contributed by atoms with van der Waals surface area (Å²) in [7, 11) is 0. The van der Waals surface area contributed by atoms with E-state index in [4.69, 9.17) is 0 Å². The van der Waals surface area contributed by atoms with Gasteiger partial charge in [0.15, 0.2) is 0 Å². The minimum Gasteiger partial charge on any atom is -0.347 e. The number of hydrogen-bond donors (Lipinski definition) is 1. The van der Waals surface area contributed by atoms with Crippen LogP contribution in [0.2, 0.25) is 0 Å². The van der Waals surface area contributed by atoms with Crippen molar-refractivity contribution in [2.45, 2.75) is 6.54 Å². The van der Waals surface area contributed by atoms with Gasteiger partial charge in [0.25, 0.3) is 5.91 Å². The minimum atomic E-state index is -0.533. The summed E-state index contributed by atoms with van der Waals surface area (Å²) in [6, 6.07) is 8.19. The van der Waals surface area contributed by atoms with Gasteiger partial charge in [0.2, 0.25) is 0 Å². The zero-order valence-corrected chi connectivity index (χ0v) is 13.0. The Morgan fingerprint density at radius 2 is 2.06 bits per heavy atom. The summed E-state index contributed by atoms with van der Waals surface area (Å²) in [5.74, 6) is -0.946. The predicted octanol–water partition coefficient (Wildman–Crippen LogP) is 4.34. The zero-order chi connectivity index (χ0) is 13.1. The molecule has 1 amide bonds. The Kier molecular flexibility index (Phi) is 4.53. The number of benzene rings is 1. The van der Waals surface area contributed by atoms with Crippen molar-refractivity contribution in [3.8, 4) is 0 Å². The third kappa shape index (κ3) is 3.40. The van der Waals surface area contributed by atoms with Crippen LogP contribution in [0.5, 0.6) is 0 Å². The van der Waals surface area contributed by atoms with E-state index in [0.29, 0.717) is 11.0 Å². The predicted molar refractivity (Wildman–Crippen MR) is 77.3 cm³/mol. The van der Waals surface area contributed by atoms with Crippen LogP contribution in [0.25, 0.3) is 0 Å². The van der Waals surface area contributed by atoms with Crippen molar-refractivity contribution >= 4 is 49.1 Å². The summed E-state index contributed by atoms with van der Waals surface area (Å²) in [4.78, 5) is 12.8. The van der Waals surface area contributed by atoms with Crippen LogP contribution < -0.4 is 5.32 Å². The molecule has 0 saturated heterocycles. The molecule has 94 valence electrons. The van der Waals surface area contributed by atoms with Gasteiger partial charge in [-0.1, -0.05) is 15.9 Å². The van der Waals surface area contributed by atoms with Gasteiger partial charge < -0.3 is 5.32 Å². The van der Waals surface area contributed by atoms with Crippen molar-refractivity contribution in [3.63, 3.8) is 0 Å². The molecule has 0 aliphatic carbocycles. The number of rotatable bonds is 3. The molecule has 6 heteroatoms. The minimum absolute atomic E-state index is 0.0498. The average Bonchev–Trinajstić information content (AvgIpc) is 2.72. The summed E-state index contributed by atoms with van der Waals surface area (Å²) in [6.07, 6.45) is 0. The van der Waals surface area contributed by atoms with Crippen molar-refractivity contribution < 1.29 is 9.18 Å². The van der Waals surface area contributed by atoms with Gasteiger partial charge in [-0.05, 0) is 46.3 Å². The lowest BCUT2D eigenvalue weighted by Crippen LogP contribution is -2.23. The van der Waals surface area contributed by atoms with Crippen LogP contribution in [0.4, 0.5) is 4.39 Å². The van der Waals surface area contributed by atoms with Crippen molar-refractivity contribution in [1.82, 2.24) is 5.32 Å². The molecule has 2 aromatic rings. The molecular formula is C12H8Br2FNOS. The molecule has 0 aliphatic heterocycles. The van der Waals surface area contributed by atoms with Crippen molar-refractivity contribution in [1.29, 1.82) is 0 Å². The first kappa shape index (κ1) is 13.7. The molecule has 0 spiro atoms. The maximum absolute atomic E-state index is 13.5. The molecule has 2 nitrogen and oxygen atoms in total. The van der Waals surface area contributed by atoms with Crippen molar-refractivity contribution in [2.24, 2.45) is 0 Å². The summed E-state index contributed by atoms with van der Waals surface area (Å²) in [6.45, 7) is 0.393. The van der Waals surface area contributed by atoms with Crippen LogP contribution in [0.1, 0.15) is 15.2 Å². The highest BCUT2D eigenvalue weighted by Crippen LogP contribution is 2.22. The zero-order valence-electron chi connectivity index (χ0n) is 9.04. The van der Waals surface area contributed by atoms with Crippen LogP contribution in [0, 0.1) is 5.82 Å². The Morgan fingerprint density at radius 3 is 2.67 bits per heavy atom. The Morgan fingerprint density at radius 1 is 1.28 bits per heavy atom. The molecule has 0 bridgehead atoms. The summed E-state index contributed by atoms with van der Waals surface area (Å²) >= 11 is 8.03. The fourth-order valence-corrected chi connectivity index (χ4v) is 3.14. The molecule has 1 heterocycles. The summed E-state index contributed by atoms with van der Waals surface area (Å²) in [5, 5.41) is 2.68. The molecule has 0 unspecified atom stereocenters. The van der Waals surface area contributed by atoms with Gasteiger partial charge in [-0.2, -0.15) is 0 Å². The topological polar surface area (TPSA) is 29.1 Å². The third-order valence-electron chi connectivity index (χ3n) is 2.23. The molecule has 18 heavy (non-hydrogen) atoms. The van der Waals surface area contributed by atoms with Gasteiger partial charge >= 0.3 is 0 Å². The first-order valence-corrected chi connectivity index (χ1v) is 7.44. The lowest BCUT2D eigenvalue weighted by molar-refractivity contribution is 0.0947. The molecule has 0 saturated carbocycles. The van der Waals surface area contributed by atoms with E-state index in [0.717, 1.165) is 8.66 Å². The van der Waals surface area contributed by atoms with Gasteiger partial charge in [-0.15, -0.1) is 11.3 Å². The standard InChI is InChI=1S/C12H8Br2FNOS/c13-7-1-3-9(10(15)5-7)12(17)16-6-8-2-4-11(14)18-8/h1-5H,6H2,(H,16,17). The van der Waals surface area contributed by atoms with Crippen LogP contribution in [0.15, 0.2) is 38.6 Å². The highest BCUT2D eigenvalue weighted by Gasteiger charge is 2.11. The van der Waals surface area contributed by atoms with Crippen LogP contribution >= 0.6 is 43.2 Å². The van der Waals surface area contributed by atoms with E-state index in [2.05, 4.69) is 37.2 Å². The van der Waals surface area contributed by atoms with Gasteiger partial charge in [0.05, 0.1) is 15.9 Å². The van der Waals surface area contributed by atoms with Crippen LogP contribution in [-0.4, -0.2) is 5.91 Å². The molecule has 1 aromatic heterocycles. The molecule has 1 aromatic carbocycles. The second kappa shape index (κ2) is 5.95. The second-order valence-electron chi connectivity index (χ2n) is 3.51. The molecule has 2 rings (SSSR count). The van der Waals surface area contributed by atoms with E-state index in [1.165, 1.54) is 23.5 Å². The summed E-state index contributed by atoms with van der Waals surface area (Å²) < 4.78 is 15.1. The Labute approximate surface area is 124 Å². The lowest BCUT2D eigenvalue weighted by Gasteiger charge is -2.05. The largest absolute Gasteiger partial charge is 0.347 e. The number of carbonyl (C=O) groups excluding carboxylic acids is 1. The Balaban J connectivity index is 2.03. The highest BCUT2D eigenvalue weighted by atomic mass is 79.9. The molecule has 0 aliphatic rings. The highest BCUT2D eigenvalue weighted by molar-refractivity contribution is 9.11. The third-order valence-corrected chi connectivity index (χ3v) is 4.34. The van der Waals surface area contributed by atoms with Gasteiger partial charge in [-0.25, -0.2) is 4.39 Å². The normalized spacial score (nSPS) is 10.4. The van der Waals surface area contributed by atoms with Crippen LogP contribution in [-0.2, 0) is 6.54 Å². The second-order valence-corrected chi connectivity index (χ2v) is 6.98. The quantitative estimate of drug-likeness (QED) is 0.826. The van der Waals surface area contributed by atoms with E-state index in [9.17, 15) is 9.18 Å². The van der Waals surface area contributed by atoms with E-state index in [-0.39, 0.29) is 5.56 Å². The van der Waals surface area contributed by atoms with E-state index in [1.807, 2.05) is 12.1 Å². The monoisotopic (exact) mass is 391 g/mol. The van der Waals surface area contributed by atoms with E-state index < -0.39 is 11.7 Å². The van der Waals surface area contributed by atoms with Crippen LogP contribution in [0.3, 0.4) is 0 Å². The van der Waals surface area contributed by atoms with Gasteiger partial charge in [0, 0.05) is 9.35 Å². The maximum atomic E-state index is 13.5. The number of nitrogens with one attached hydrogen (secondary N) is 1. The molecule has 0 radical (unpaired) electrons.